The molecule has 5 rings (SSSR count). The molecule has 6 nitrogen and oxygen atoms in total. The van der Waals surface area contributed by atoms with Gasteiger partial charge in [-0.3, -0.25) is 4.98 Å². The molecule has 0 amide bonds. The number of pyridine rings is 2. The second kappa shape index (κ2) is 6.80. The lowest BCUT2D eigenvalue weighted by atomic mass is 10.0. The summed E-state index contributed by atoms with van der Waals surface area (Å²) in [5, 5.41) is 8.94. The van der Waals surface area contributed by atoms with Crippen LogP contribution in [-0.2, 0) is 0 Å². The lowest BCUT2D eigenvalue weighted by Crippen LogP contribution is -2.16. The van der Waals surface area contributed by atoms with Crippen molar-refractivity contribution < 1.29 is 9.47 Å². The van der Waals surface area contributed by atoms with E-state index in [2.05, 4.69) is 47.5 Å². The van der Waals surface area contributed by atoms with Crippen LogP contribution in [0.25, 0.3) is 32.4 Å². The molecule has 4 aromatic rings. The van der Waals surface area contributed by atoms with E-state index in [1.165, 1.54) is 0 Å². The molecule has 2 aromatic heterocycles. The minimum atomic E-state index is 0.272. The summed E-state index contributed by atoms with van der Waals surface area (Å²) in [6.07, 6.45) is 4.82. The smallest absolute Gasteiger partial charge is 0.231 e. The Hall–Kier alpha value is -3.12. The maximum Gasteiger partial charge on any atom is 0.231 e. The van der Waals surface area contributed by atoms with Crippen LogP contribution in [-0.4, -0.2) is 48.8 Å². The van der Waals surface area contributed by atoms with Gasteiger partial charge in [-0.25, -0.2) is 4.98 Å². The Labute approximate surface area is 163 Å². The molecule has 0 radical (unpaired) electrons. The lowest BCUT2D eigenvalue weighted by molar-refractivity contribution is 0.174. The molecule has 0 saturated carbocycles. The van der Waals surface area contributed by atoms with E-state index in [1.807, 2.05) is 24.5 Å². The fourth-order valence-electron chi connectivity index (χ4n) is 3.77. The molecule has 6 heteroatoms. The van der Waals surface area contributed by atoms with Gasteiger partial charge < -0.3 is 19.7 Å². The second-order valence-corrected chi connectivity index (χ2v) is 7.35. The number of anilines is 1. The third-order valence-electron chi connectivity index (χ3n) is 5.16. The van der Waals surface area contributed by atoms with Gasteiger partial charge in [-0.15, -0.1) is 0 Å². The van der Waals surface area contributed by atoms with Gasteiger partial charge >= 0.3 is 0 Å². The van der Waals surface area contributed by atoms with Crippen molar-refractivity contribution in [3.8, 4) is 11.5 Å². The highest BCUT2D eigenvalue weighted by Gasteiger charge is 2.16. The third-order valence-corrected chi connectivity index (χ3v) is 5.16. The van der Waals surface area contributed by atoms with Crippen molar-refractivity contribution >= 4 is 38.3 Å². The molecule has 0 atom stereocenters. The Morgan fingerprint density at radius 3 is 2.61 bits per heavy atom. The van der Waals surface area contributed by atoms with Gasteiger partial charge in [-0.1, -0.05) is 6.07 Å². The Morgan fingerprint density at radius 2 is 1.75 bits per heavy atom. The van der Waals surface area contributed by atoms with Crippen LogP contribution in [0.1, 0.15) is 6.42 Å². The number of nitrogens with zero attached hydrogens (tertiary/aromatic N) is 3. The van der Waals surface area contributed by atoms with Crippen LogP contribution in [0.15, 0.2) is 42.7 Å². The minimum Gasteiger partial charge on any atom is -0.454 e. The zero-order valence-electron chi connectivity index (χ0n) is 16.0. The van der Waals surface area contributed by atoms with Gasteiger partial charge in [0.25, 0.3) is 0 Å². The molecule has 28 heavy (non-hydrogen) atoms. The molecule has 3 heterocycles. The van der Waals surface area contributed by atoms with Crippen LogP contribution >= 0.6 is 0 Å². The van der Waals surface area contributed by atoms with Crippen LogP contribution in [0, 0.1) is 0 Å². The molecular weight excluding hydrogens is 352 g/mol. The summed E-state index contributed by atoms with van der Waals surface area (Å²) in [4.78, 5) is 11.5. The first-order valence-electron chi connectivity index (χ1n) is 9.49. The van der Waals surface area contributed by atoms with Crippen molar-refractivity contribution in [2.45, 2.75) is 6.42 Å². The van der Waals surface area contributed by atoms with Crippen LogP contribution < -0.4 is 14.8 Å². The summed E-state index contributed by atoms with van der Waals surface area (Å²) < 4.78 is 11.1. The standard InChI is InChI=1S/C22H22N4O2/c1-26(2)9-3-7-23-22-17-5-4-15-18-11-20-19(27-13-28-20)10-14(18)12-25-21(15)16(17)6-8-24-22/h4-6,8,10-12H,3,7,9,13H2,1-2H3,(H,23,24). The summed E-state index contributed by atoms with van der Waals surface area (Å²) in [6, 6.07) is 10.3. The fraction of sp³-hybridized carbons (Fsp3) is 0.273. The van der Waals surface area contributed by atoms with Crippen LogP contribution in [0.5, 0.6) is 11.5 Å². The number of hydrogen-bond acceptors (Lipinski definition) is 6. The molecule has 0 unspecified atom stereocenters. The van der Waals surface area contributed by atoms with Crippen molar-refractivity contribution in [3.63, 3.8) is 0 Å². The molecule has 0 fully saturated rings. The summed E-state index contributed by atoms with van der Waals surface area (Å²) in [5.41, 5.74) is 0.975. The summed E-state index contributed by atoms with van der Waals surface area (Å²) >= 11 is 0. The van der Waals surface area contributed by atoms with E-state index in [1.54, 1.807) is 0 Å². The van der Waals surface area contributed by atoms with E-state index in [0.717, 1.165) is 69.3 Å². The van der Waals surface area contributed by atoms with Gasteiger partial charge in [-0.05, 0) is 56.7 Å². The average Bonchev–Trinajstić information content (AvgIpc) is 3.16. The van der Waals surface area contributed by atoms with Crippen LogP contribution in [0.4, 0.5) is 5.82 Å². The molecule has 1 aliphatic heterocycles. The topological polar surface area (TPSA) is 59.5 Å². The molecular formula is C22H22N4O2. The SMILES string of the molecule is CN(C)CCCNc1nccc2c1ccc1c3cc4c(cc3cnc21)OCO4. The van der Waals surface area contributed by atoms with E-state index in [4.69, 9.17) is 14.5 Å². The van der Waals surface area contributed by atoms with Gasteiger partial charge in [0.15, 0.2) is 11.5 Å². The second-order valence-electron chi connectivity index (χ2n) is 7.35. The van der Waals surface area contributed by atoms with Gasteiger partial charge in [0.1, 0.15) is 5.82 Å². The van der Waals surface area contributed by atoms with Crippen LogP contribution in [0.3, 0.4) is 0 Å². The highest BCUT2D eigenvalue weighted by molar-refractivity contribution is 6.17. The predicted octanol–water partition coefficient (Wildman–Crippen LogP) is 4.03. The van der Waals surface area contributed by atoms with Crippen molar-refractivity contribution in [1.82, 2.24) is 14.9 Å². The van der Waals surface area contributed by atoms with Crippen molar-refractivity contribution in [2.75, 3.05) is 39.3 Å². The highest BCUT2D eigenvalue weighted by Crippen LogP contribution is 2.39. The molecule has 2 aromatic carbocycles. The maximum absolute atomic E-state index is 5.57. The maximum atomic E-state index is 5.57. The molecule has 142 valence electrons. The van der Waals surface area contributed by atoms with Crippen molar-refractivity contribution in [3.05, 3.63) is 42.7 Å². The zero-order valence-corrected chi connectivity index (χ0v) is 16.0. The van der Waals surface area contributed by atoms with Crippen molar-refractivity contribution in [1.29, 1.82) is 0 Å². The summed E-state index contributed by atoms with van der Waals surface area (Å²) in [7, 11) is 4.18. The van der Waals surface area contributed by atoms with E-state index < -0.39 is 0 Å². The number of benzene rings is 2. The highest BCUT2D eigenvalue weighted by atomic mass is 16.7. The average molecular weight is 374 g/mol. The van der Waals surface area contributed by atoms with E-state index >= 15 is 0 Å². The van der Waals surface area contributed by atoms with Gasteiger partial charge in [0.2, 0.25) is 6.79 Å². The largest absolute Gasteiger partial charge is 0.454 e. The quantitative estimate of drug-likeness (QED) is 0.420. The minimum absolute atomic E-state index is 0.272. The van der Waals surface area contributed by atoms with Gasteiger partial charge in [-0.2, -0.15) is 0 Å². The number of hydrogen-bond donors (Lipinski definition) is 1. The first kappa shape index (κ1) is 17.0. The summed E-state index contributed by atoms with van der Waals surface area (Å²) in [5.74, 6) is 2.48. The number of nitrogens with one attached hydrogen (secondary N) is 1. The molecule has 0 aliphatic carbocycles. The fourth-order valence-corrected chi connectivity index (χ4v) is 3.77. The molecule has 1 aliphatic rings. The molecule has 0 bridgehead atoms. The number of ether oxygens (including phenoxy) is 2. The lowest BCUT2D eigenvalue weighted by Gasteiger charge is -2.13. The first-order chi connectivity index (χ1) is 13.7. The predicted molar refractivity (Wildman–Crippen MR) is 112 cm³/mol. The zero-order chi connectivity index (χ0) is 19.1. The molecule has 0 spiro atoms. The first-order valence-corrected chi connectivity index (χ1v) is 9.49. The Bertz CT molecular complexity index is 1190. The Morgan fingerprint density at radius 1 is 0.964 bits per heavy atom. The summed E-state index contributed by atoms with van der Waals surface area (Å²) in [6.45, 7) is 2.20. The van der Waals surface area contributed by atoms with E-state index in [0.29, 0.717) is 0 Å². The van der Waals surface area contributed by atoms with Crippen molar-refractivity contribution in [2.24, 2.45) is 0 Å². The third kappa shape index (κ3) is 2.86. The van der Waals surface area contributed by atoms with Crippen LogP contribution in [0.2, 0.25) is 0 Å². The Kier molecular flexibility index (Phi) is 4.13. The van der Waals surface area contributed by atoms with Gasteiger partial charge in [0, 0.05) is 40.5 Å². The van der Waals surface area contributed by atoms with Gasteiger partial charge in [0.05, 0.1) is 5.52 Å². The molecule has 1 N–H and O–H groups in total. The molecule has 0 saturated heterocycles. The number of fused-ring (bicyclic) bond motifs is 6. The van der Waals surface area contributed by atoms with E-state index in [-0.39, 0.29) is 6.79 Å². The van der Waals surface area contributed by atoms with E-state index in [9.17, 15) is 0 Å². The normalized spacial score (nSPS) is 13.1. The number of aromatic nitrogens is 2. The Balaban J connectivity index is 1.59. The monoisotopic (exact) mass is 374 g/mol. The number of rotatable bonds is 5.